The largest absolute Gasteiger partial charge is 0.348 e. The van der Waals surface area contributed by atoms with Crippen LogP contribution in [0.1, 0.15) is 59.4 Å². The van der Waals surface area contributed by atoms with Crippen molar-refractivity contribution in [2.45, 2.75) is 44.6 Å². The zero-order valence-corrected chi connectivity index (χ0v) is 20.7. The van der Waals surface area contributed by atoms with Crippen LogP contribution in [-0.4, -0.2) is 55.6 Å². The number of likely N-dealkylation sites (tertiary alicyclic amines) is 1. The number of amides is 2. The fourth-order valence-electron chi connectivity index (χ4n) is 4.90. The summed E-state index contributed by atoms with van der Waals surface area (Å²) in [5.41, 5.74) is 1.82. The lowest BCUT2D eigenvalue weighted by molar-refractivity contribution is 0.0792. The van der Waals surface area contributed by atoms with Crippen LogP contribution in [0, 0.1) is 11.8 Å². The van der Waals surface area contributed by atoms with E-state index in [0.29, 0.717) is 36.1 Å². The summed E-state index contributed by atoms with van der Waals surface area (Å²) in [6.07, 6.45) is 3.12. The highest BCUT2D eigenvalue weighted by molar-refractivity contribution is 7.89. The summed E-state index contributed by atoms with van der Waals surface area (Å²) in [6.45, 7) is 7.03. The van der Waals surface area contributed by atoms with E-state index in [1.807, 2.05) is 17.0 Å². The van der Waals surface area contributed by atoms with Gasteiger partial charge in [-0.2, -0.15) is 4.31 Å². The molecule has 1 N–H and O–H groups in total. The van der Waals surface area contributed by atoms with Crippen molar-refractivity contribution in [1.29, 1.82) is 0 Å². The third-order valence-electron chi connectivity index (χ3n) is 6.62. The Balaban J connectivity index is 1.39. The molecule has 0 radical (unpaired) electrons. The van der Waals surface area contributed by atoms with Crippen molar-refractivity contribution in [2.24, 2.45) is 11.8 Å². The lowest BCUT2D eigenvalue weighted by Crippen LogP contribution is -2.42. The van der Waals surface area contributed by atoms with Gasteiger partial charge in [-0.3, -0.25) is 9.59 Å². The lowest BCUT2D eigenvalue weighted by Gasteiger charge is -2.34. The van der Waals surface area contributed by atoms with Crippen molar-refractivity contribution >= 4 is 21.8 Å². The molecule has 0 aliphatic carbocycles. The molecular weight excluding hydrogens is 450 g/mol. The average molecular weight is 484 g/mol. The summed E-state index contributed by atoms with van der Waals surface area (Å²) in [7, 11) is -3.65. The molecule has 7 nitrogen and oxygen atoms in total. The van der Waals surface area contributed by atoms with E-state index in [-0.39, 0.29) is 23.3 Å². The Labute approximate surface area is 202 Å². The average Bonchev–Trinajstić information content (AvgIpc) is 3.37. The van der Waals surface area contributed by atoms with Gasteiger partial charge in [0.2, 0.25) is 10.0 Å². The van der Waals surface area contributed by atoms with Gasteiger partial charge in [0.25, 0.3) is 11.8 Å². The molecule has 8 heteroatoms. The first-order valence-electron chi connectivity index (χ1n) is 12.0. The molecule has 2 unspecified atom stereocenters. The SMILES string of the molecule is CC1CC(C)CN(S(=O)(=O)c2cccc(C(=O)NCc3ccc(C(=O)N4CCCC4)cc3)c2)C1. The molecule has 2 aliphatic heterocycles. The van der Waals surface area contributed by atoms with Crippen LogP contribution in [0.3, 0.4) is 0 Å². The number of nitrogens with one attached hydrogen (secondary N) is 1. The molecule has 2 saturated heterocycles. The first kappa shape index (κ1) is 24.4. The third kappa shape index (κ3) is 5.50. The fraction of sp³-hybridized carbons (Fsp3) is 0.462. The summed E-state index contributed by atoms with van der Waals surface area (Å²) in [5, 5.41) is 2.85. The molecule has 2 aromatic rings. The van der Waals surface area contributed by atoms with E-state index in [2.05, 4.69) is 19.2 Å². The van der Waals surface area contributed by atoms with Crippen molar-refractivity contribution in [3.05, 3.63) is 65.2 Å². The van der Waals surface area contributed by atoms with E-state index < -0.39 is 10.0 Å². The van der Waals surface area contributed by atoms with Crippen molar-refractivity contribution in [3.8, 4) is 0 Å². The second-order valence-corrected chi connectivity index (χ2v) is 11.6. The van der Waals surface area contributed by atoms with Gasteiger partial charge in [0.1, 0.15) is 0 Å². The predicted molar refractivity (Wildman–Crippen MR) is 131 cm³/mol. The summed E-state index contributed by atoms with van der Waals surface area (Å²) in [6, 6.07) is 13.5. The van der Waals surface area contributed by atoms with Crippen LogP contribution >= 0.6 is 0 Å². The van der Waals surface area contributed by atoms with Gasteiger partial charge in [-0.05, 0) is 67.0 Å². The number of carbonyl (C=O) groups excluding carboxylic acids is 2. The van der Waals surface area contributed by atoms with Crippen molar-refractivity contribution in [2.75, 3.05) is 26.2 Å². The minimum atomic E-state index is -3.65. The molecule has 2 heterocycles. The second-order valence-electron chi connectivity index (χ2n) is 9.67. The molecule has 34 heavy (non-hydrogen) atoms. The molecule has 2 fully saturated rings. The van der Waals surface area contributed by atoms with Crippen molar-refractivity contribution in [3.63, 3.8) is 0 Å². The van der Waals surface area contributed by atoms with Gasteiger partial charge in [0.15, 0.2) is 0 Å². The molecule has 2 atom stereocenters. The molecule has 2 aliphatic rings. The monoisotopic (exact) mass is 483 g/mol. The van der Waals surface area contributed by atoms with E-state index >= 15 is 0 Å². The first-order valence-corrected chi connectivity index (χ1v) is 13.4. The molecule has 0 aromatic heterocycles. The number of rotatable bonds is 6. The summed E-state index contributed by atoms with van der Waals surface area (Å²) in [5.74, 6) is 0.322. The normalized spacial score (nSPS) is 21.4. The van der Waals surface area contributed by atoms with Gasteiger partial charge in [-0.1, -0.05) is 32.0 Å². The number of hydrogen-bond donors (Lipinski definition) is 1. The zero-order valence-electron chi connectivity index (χ0n) is 19.9. The van der Waals surface area contributed by atoms with Crippen LogP contribution in [-0.2, 0) is 16.6 Å². The topological polar surface area (TPSA) is 86.8 Å². The van der Waals surface area contributed by atoms with Gasteiger partial charge in [0.05, 0.1) is 4.90 Å². The van der Waals surface area contributed by atoms with Crippen LogP contribution in [0.2, 0.25) is 0 Å². The van der Waals surface area contributed by atoms with Crippen LogP contribution in [0.25, 0.3) is 0 Å². The Hall–Kier alpha value is -2.71. The molecule has 0 saturated carbocycles. The number of sulfonamides is 1. The summed E-state index contributed by atoms with van der Waals surface area (Å²) >= 11 is 0. The standard InChI is InChI=1S/C26H33N3O4S/c1-19-14-20(2)18-29(17-19)34(32,33)24-7-5-6-23(15-24)25(30)27-16-21-8-10-22(11-9-21)26(31)28-12-3-4-13-28/h5-11,15,19-20H,3-4,12-14,16-18H2,1-2H3,(H,27,30). The Morgan fingerprint density at radius 1 is 0.941 bits per heavy atom. The molecule has 0 bridgehead atoms. The third-order valence-corrected chi connectivity index (χ3v) is 8.44. The van der Waals surface area contributed by atoms with Gasteiger partial charge in [-0.15, -0.1) is 0 Å². The first-order chi connectivity index (χ1) is 16.2. The number of nitrogens with zero attached hydrogens (tertiary/aromatic N) is 2. The molecule has 0 spiro atoms. The second kappa shape index (κ2) is 10.3. The lowest BCUT2D eigenvalue weighted by atomic mass is 9.94. The maximum Gasteiger partial charge on any atom is 0.253 e. The maximum atomic E-state index is 13.2. The van der Waals surface area contributed by atoms with Gasteiger partial charge in [-0.25, -0.2) is 8.42 Å². The Kier molecular flexibility index (Phi) is 7.38. The molecular formula is C26H33N3O4S. The van der Waals surface area contributed by atoms with E-state index in [4.69, 9.17) is 0 Å². The predicted octanol–water partition coefficient (Wildman–Crippen LogP) is 3.52. The maximum absolute atomic E-state index is 13.2. The highest BCUT2D eigenvalue weighted by Crippen LogP contribution is 2.27. The van der Waals surface area contributed by atoms with E-state index in [9.17, 15) is 18.0 Å². The molecule has 2 amide bonds. The fourth-order valence-corrected chi connectivity index (χ4v) is 6.63. The molecule has 4 rings (SSSR count). The highest BCUT2D eigenvalue weighted by atomic mass is 32.2. The minimum absolute atomic E-state index is 0.0450. The zero-order chi connectivity index (χ0) is 24.3. The van der Waals surface area contributed by atoms with Crippen LogP contribution in [0.4, 0.5) is 0 Å². The Morgan fingerprint density at radius 2 is 1.59 bits per heavy atom. The van der Waals surface area contributed by atoms with Gasteiger partial charge in [0, 0.05) is 43.9 Å². The summed E-state index contributed by atoms with van der Waals surface area (Å²) < 4.78 is 27.9. The molecule has 182 valence electrons. The number of piperidine rings is 1. The Morgan fingerprint density at radius 3 is 2.24 bits per heavy atom. The van der Waals surface area contributed by atoms with E-state index in [0.717, 1.165) is 37.9 Å². The van der Waals surface area contributed by atoms with E-state index in [1.54, 1.807) is 30.3 Å². The smallest absolute Gasteiger partial charge is 0.253 e. The van der Waals surface area contributed by atoms with Gasteiger partial charge < -0.3 is 10.2 Å². The number of benzene rings is 2. The highest BCUT2D eigenvalue weighted by Gasteiger charge is 2.32. The van der Waals surface area contributed by atoms with Crippen LogP contribution < -0.4 is 5.32 Å². The Bertz CT molecular complexity index is 1130. The van der Waals surface area contributed by atoms with Gasteiger partial charge >= 0.3 is 0 Å². The minimum Gasteiger partial charge on any atom is -0.348 e. The van der Waals surface area contributed by atoms with Crippen molar-refractivity contribution < 1.29 is 18.0 Å². The van der Waals surface area contributed by atoms with Crippen LogP contribution in [0.15, 0.2) is 53.4 Å². The number of carbonyl (C=O) groups is 2. The summed E-state index contributed by atoms with van der Waals surface area (Å²) in [4.78, 5) is 27.2. The van der Waals surface area contributed by atoms with Crippen molar-refractivity contribution in [1.82, 2.24) is 14.5 Å². The van der Waals surface area contributed by atoms with Crippen LogP contribution in [0.5, 0.6) is 0 Å². The quantitative estimate of drug-likeness (QED) is 0.681. The van der Waals surface area contributed by atoms with E-state index in [1.165, 1.54) is 10.4 Å². The number of hydrogen-bond acceptors (Lipinski definition) is 4. The molecule has 2 aromatic carbocycles.